The van der Waals surface area contributed by atoms with E-state index in [0.29, 0.717) is 5.92 Å². The van der Waals surface area contributed by atoms with Crippen LogP contribution >= 0.6 is 23.4 Å². The van der Waals surface area contributed by atoms with Crippen LogP contribution in [-0.4, -0.2) is 17.0 Å². The molecular weight excluding hydrogens is 262 g/mol. The van der Waals surface area contributed by atoms with Gasteiger partial charge in [0, 0.05) is 10.6 Å². The van der Waals surface area contributed by atoms with E-state index in [-0.39, 0.29) is 5.54 Å². The van der Waals surface area contributed by atoms with E-state index >= 15 is 0 Å². The molecule has 100 valence electrons. The van der Waals surface area contributed by atoms with E-state index in [2.05, 4.69) is 30.0 Å². The fourth-order valence-electron chi connectivity index (χ4n) is 2.55. The van der Waals surface area contributed by atoms with Gasteiger partial charge in [0.05, 0.1) is 0 Å². The van der Waals surface area contributed by atoms with Gasteiger partial charge in [-0.25, -0.2) is 0 Å². The first kappa shape index (κ1) is 14.2. The third kappa shape index (κ3) is 3.91. The van der Waals surface area contributed by atoms with Crippen LogP contribution in [0, 0.1) is 0 Å². The molecular formula is C15H22ClNS. The van der Waals surface area contributed by atoms with Crippen molar-refractivity contribution in [1.29, 1.82) is 0 Å². The predicted molar refractivity (Wildman–Crippen MR) is 82.7 cm³/mol. The number of hydrogen-bond acceptors (Lipinski definition) is 2. The highest BCUT2D eigenvalue weighted by Crippen LogP contribution is 2.35. The lowest BCUT2D eigenvalue weighted by molar-refractivity contribution is 0.516. The molecule has 18 heavy (non-hydrogen) atoms. The molecule has 1 aromatic carbocycles. The average molecular weight is 284 g/mol. The van der Waals surface area contributed by atoms with Crippen molar-refractivity contribution in [2.75, 3.05) is 11.5 Å². The zero-order valence-electron chi connectivity index (χ0n) is 11.2. The van der Waals surface area contributed by atoms with Crippen LogP contribution < -0.4 is 5.73 Å². The Morgan fingerprint density at radius 2 is 2.00 bits per heavy atom. The second-order valence-electron chi connectivity index (χ2n) is 5.91. The minimum absolute atomic E-state index is 0.174. The molecule has 0 aromatic heterocycles. The lowest BCUT2D eigenvalue weighted by Gasteiger charge is -2.24. The first-order valence-electron chi connectivity index (χ1n) is 6.61. The van der Waals surface area contributed by atoms with Gasteiger partial charge in [-0.1, -0.05) is 23.7 Å². The second-order valence-corrected chi connectivity index (χ2v) is 7.54. The summed E-state index contributed by atoms with van der Waals surface area (Å²) in [6.07, 6.45) is 3.38. The second kappa shape index (κ2) is 5.85. The smallest absolute Gasteiger partial charge is 0.0443 e. The molecule has 1 aromatic rings. The van der Waals surface area contributed by atoms with Crippen LogP contribution in [-0.2, 0) is 6.42 Å². The van der Waals surface area contributed by atoms with E-state index < -0.39 is 0 Å². The van der Waals surface area contributed by atoms with Crippen molar-refractivity contribution in [3.63, 3.8) is 0 Å². The van der Waals surface area contributed by atoms with Crippen molar-refractivity contribution < 1.29 is 0 Å². The van der Waals surface area contributed by atoms with Gasteiger partial charge >= 0.3 is 0 Å². The lowest BCUT2D eigenvalue weighted by atomic mass is 9.90. The molecule has 1 aliphatic heterocycles. The van der Waals surface area contributed by atoms with Gasteiger partial charge in [0.2, 0.25) is 0 Å². The van der Waals surface area contributed by atoms with Crippen molar-refractivity contribution >= 4 is 23.4 Å². The predicted octanol–water partition coefficient (Wildman–Crippen LogP) is 4.23. The molecule has 0 saturated carbocycles. The molecule has 0 amide bonds. The summed E-state index contributed by atoms with van der Waals surface area (Å²) in [5.41, 5.74) is 8.44. The van der Waals surface area contributed by atoms with Crippen LogP contribution in [0.4, 0.5) is 0 Å². The number of benzene rings is 1. The molecule has 0 bridgehead atoms. The van der Waals surface area contributed by atoms with Crippen molar-refractivity contribution in [1.82, 2.24) is 0 Å². The maximum atomic E-state index is 6.44. The molecule has 1 fully saturated rings. The number of halogens is 1. The van der Waals surface area contributed by atoms with Crippen LogP contribution in [0.1, 0.15) is 43.7 Å². The lowest BCUT2D eigenvalue weighted by Crippen LogP contribution is -2.34. The number of thioether (sulfide) groups is 1. The Hall–Kier alpha value is -0.180. The number of nitrogens with two attached hydrogens (primary N) is 1. The Morgan fingerprint density at radius 1 is 1.33 bits per heavy atom. The summed E-state index contributed by atoms with van der Waals surface area (Å²) < 4.78 is 0. The van der Waals surface area contributed by atoms with Gasteiger partial charge < -0.3 is 5.73 Å². The van der Waals surface area contributed by atoms with Gasteiger partial charge in [-0.05, 0) is 67.7 Å². The molecule has 0 unspecified atom stereocenters. The van der Waals surface area contributed by atoms with Gasteiger partial charge in [-0.3, -0.25) is 0 Å². The molecule has 3 heteroatoms. The highest BCUT2D eigenvalue weighted by atomic mass is 35.5. The summed E-state index contributed by atoms with van der Waals surface area (Å²) in [5, 5.41) is 0.925. The van der Waals surface area contributed by atoms with E-state index in [1.54, 1.807) is 0 Å². The van der Waals surface area contributed by atoms with E-state index in [0.717, 1.165) is 11.4 Å². The monoisotopic (exact) mass is 283 g/mol. The zero-order chi connectivity index (χ0) is 13.2. The van der Waals surface area contributed by atoms with Gasteiger partial charge in [0.1, 0.15) is 0 Å². The summed E-state index contributed by atoms with van der Waals surface area (Å²) in [6.45, 7) is 4.10. The van der Waals surface area contributed by atoms with Gasteiger partial charge in [-0.15, -0.1) is 0 Å². The number of rotatable bonds is 3. The molecule has 1 aliphatic rings. The topological polar surface area (TPSA) is 26.0 Å². The largest absolute Gasteiger partial charge is 0.325 e. The Labute approximate surface area is 119 Å². The van der Waals surface area contributed by atoms with Crippen LogP contribution in [0.3, 0.4) is 0 Å². The van der Waals surface area contributed by atoms with Crippen molar-refractivity contribution in [2.45, 2.75) is 44.6 Å². The van der Waals surface area contributed by atoms with Crippen LogP contribution in [0.5, 0.6) is 0 Å². The van der Waals surface area contributed by atoms with Crippen LogP contribution in [0.2, 0.25) is 5.02 Å². The van der Waals surface area contributed by atoms with E-state index in [4.69, 9.17) is 17.3 Å². The standard InChI is InChI=1S/C15H22ClNS/c1-15(2,17)10-11-3-4-13(14(16)9-11)12-5-7-18-8-6-12/h3-4,9,12H,5-8,10,17H2,1-2H3. The highest BCUT2D eigenvalue weighted by Gasteiger charge is 2.19. The molecule has 0 spiro atoms. The minimum atomic E-state index is -0.174. The molecule has 1 nitrogen and oxygen atoms in total. The molecule has 0 aliphatic carbocycles. The van der Waals surface area contributed by atoms with Gasteiger partial charge in [-0.2, -0.15) is 11.8 Å². The van der Waals surface area contributed by atoms with Crippen LogP contribution in [0.15, 0.2) is 18.2 Å². The van der Waals surface area contributed by atoms with E-state index in [1.165, 1.54) is 35.5 Å². The molecule has 0 atom stereocenters. The summed E-state index contributed by atoms with van der Waals surface area (Å²) in [4.78, 5) is 0. The first-order chi connectivity index (χ1) is 8.46. The maximum absolute atomic E-state index is 6.44. The third-order valence-electron chi connectivity index (χ3n) is 3.39. The summed E-state index contributed by atoms with van der Waals surface area (Å²) >= 11 is 8.49. The minimum Gasteiger partial charge on any atom is -0.325 e. The van der Waals surface area contributed by atoms with Crippen LogP contribution in [0.25, 0.3) is 0 Å². The SMILES string of the molecule is CC(C)(N)Cc1ccc(C2CCSCC2)c(Cl)c1. The van der Waals surface area contributed by atoms with Crippen molar-refractivity contribution in [2.24, 2.45) is 5.73 Å². The Kier molecular flexibility index (Phi) is 4.63. The van der Waals surface area contributed by atoms with Gasteiger partial charge in [0.25, 0.3) is 0 Å². The Morgan fingerprint density at radius 3 is 2.56 bits per heavy atom. The van der Waals surface area contributed by atoms with E-state index in [9.17, 15) is 0 Å². The third-order valence-corrected chi connectivity index (χ3v) is 4.76. The number of hydrogen-bond donors (Lipinski definition) is 1. The van der Waals surface area contributed by atoms with E-state index in [1.807, 2.05) is 13.8 Å². The Balaban J connectivity index is 2.14. The molecule has 1 heterocycles. The molecule has 0 radical (unpaired) electrons. The van der Waals surface area contributed by atoms with Crippen molar-refractivity contribution in [3.8, 4) is 0 Å². The summed E-state index contributed by atoms with van der Waals surface area (Å²) in [5.74, 6) is 3.18. The fraction of sp³-hybridized carbons (Fsp3) is 0.600. The normalized spacial score (nSPS) is 18.0. The van der Waals surface area contributed by atoms with Gasteiger partial charge in [0.15, 0.2) is 0 Å². The molecule has 2 rings (SSSR count). The fourth-order valence-corrected chi connectivity index (χ4v) is 4.01. The highest BCUT2D eigenvalue weighted by molar-refractivity contribution is 7.99. The first-order valence-corrected chi connectivity index (χ1v) is 8.14. The zero-order valence-corrected chi connectivity index (χ0v) is 12.8. The molecule has 1 saturated heterocycles. The van der Waals surface area contributed by atoms with Crippen molar-refractivity contribution in [3.05, 3.63) is 34.3 Å². The summed E-state index contributed by atoms with van der Waals surface area (Å²) in [6, 6.07) is 6.51. The molecule has 2 N–H and O–H groups in total. The summed E-state index contributed by atoms with van der Waals surface area (Å²) in [7, 11) is 0. The Bertz CT molecular complexity index is 405. The average Bonchev–Trinajstić information content (AvgIpc) is 2.28. The maximum Gasteiger partial charge on any atom is 0.0443 e. The quantitative estimate of drug-likeness (QED) is 0.898.